The Balaban J connectivity index is 2.07. The average molecular weight is 258 g/mol. The summed E-state index contributed by atoms with van der Waals surface area (Å²) in [5, 5.41) is 2.88. The Kier molecular flexibility index (Phi) is 4.96. The molecule has 1 aliphatic rings. The summed E-state index contributed by atoms with van der Waals surface area (Å²) in [7, 11) is 0. The minimum Gasteiger partial charge on any atom is -0.368 e. The van der Waals surface area contributed by atoms with Crippen molar-refractivity contribution in [1.29, 1.82) is 0 Å². The molecular formula is C15H18N2O2. The van der Waals surface area contributed by atoms with Gasteiger partial charge in [0.05, 0.1) is 12.2 Å². The molecule has 1 unspecified atom stereocenters. The predicted molar refractivity (Wildman–Crippen MR) is 74.6 cm³/mol. The van der Waals surface area contributed by atoms with Crippen molar-refractivity contribution in [1.82, 2.24) is 0 Å². The Morgan fingerprint density at radius 2 is 2.26 bits per heavy atom. The Bertz CT molecular complexity index is 496. The van der Waals surface area contributed by atoms with Gasteiger partial charge in [0, 0.05) is 12.2 Å². The molecule has 1 fully saturated rings. The standard InChI is InChI=1S/C15H18N2O2/c16-10-5-7-12-6-1-2-8-13(12)17-15(18)14-9-3-4-11-19-14/h1-2,6,8,14H,3-4,9-11,16H2,(H,17,18). The first-order valence-corrected chi connectivity index (χ1v) is 6.51. The van der Waals surface area contributed by atoms with Gasteiger partial charge in [-0.2, -0.15) is 0 Å². The van der Waals surface area contributed by atoms with Gasteiger partial charge in [-0.3, -0.25) is 4.79 Å². The fourth-order valence-corrected chi connectivity index (χ4v) is 2.01. The quantitative estimate of drug-likeness (QED) is 0.790. The molecule has 1 atom stereocenters. The normalized spacial score (nSPS) is 18.3. The van der Waals surface area contributed by atoms with Crippen molar-refractivity contribution in [3.8, 4) is 11.8 Å². The maximum Gasteiger partial charge on any atom is 0.253 e. The highest BCUT2D eigenvalue weighted by atomic mass is 16.5. The summed E-state index contributed by atoms with van der Waals surface area (Å²) in [4.78, 5) is 12.1. The van der Waals surface area contributed by atoms with Crippen molar-refractivity contribution in [2.75, 3.05) is 18.5 Å². The van der Waals surface area contributed by atoms with Crippen molar-refractivity contribution >= 4 is 11.6 Å². The molecule has 4 heteroatoms. The van der Waals surface area contributed by atoms with Gasteiger partial charge in [-0.1, -0.05) is 24.0 Å². The number of ether oxygens (including phenoxy) is 1. The predicted octanol–water partition coefficient (Wildman–Crippen LogP) is 1.50. The monoisotopic (exact) mass is 258 g/mol. The Labute approximate surface area is 113 Å². The highest BCUT2D eigenvalue weighted by molar-refractivity contribution is 5.95. The van der Waals surface area contributed by atoms with E-state index in [9.17, 15) is 4.79 Å². The third-order valence-electron chi connectivity index (χ3n) is 2.98. The number of benzene rings is 1. The minimum atomic E-state index is -0.343. The molecule has 0 bridgehead atoms. The van der Waals surface area contributed by atoms with Crippen LogP contribution in [0.2, 0.25) is 0 Å². The van der Waals surface area contributed by atoms with Crippen molar-refractivity contribution in [3.05, 3.63) is 29.8 Å². The lowest BCUT2D eigenvalue weighted by Gasteiger charge is -2.21. The number of amides is 1. The molecule has 0 radical (unpaired) electrons. The van der Waals surface area contributed by atoms with E-state index < -0.39 is 0 Å². The molecule has 3 N–H and O–H groups in total. The van der Waals surface area contributed by atoms with E-state index in [1.54, 1.807) is 0 Å². The minimum absolute atomic E-state index is 0.0956. The van der Waals surface area contributed by atoms with Crippen molar-refractivity contribution < 1.29 is 9.53 Å². The lowest BCUT2D eigenvalue weighted by atomic mass is 10.1. The van der Waals surface area contributed by atoms with Gasteiger partial charge < -0.3 is 15.8 Å². The number of anilines is 1. The number of nitrogens with one attached hydrogen (secondary N) is 1. The number of carbonyl (C=O) groups is 1. The molecule has 0 aliphatic carbocycles. The number of carbonyl (C=O) groups excluding carboxylic acids is 1. The second-order valence-corrected chi connectivity index (χ2v) is 4.40. The molecule has 0 saturated carbocycles. The Morgan fingerprint density at radius 1 is 1.42 bits per heavy atom. The van der Waals surface area contributed by atoms with Crippen LogP contribution >= 0.6 is 0 Å². The van der Waals surface area contributed by atoms with Crippen molar-refractivity contribution in [2.24, 2.45) is 5.73 Å². The second kappa shape index (κ2) is 6.93. The summed E-state index contributed by atoms with van der Waals surface area (Å²) >= 11 is 0. The third kappa shape index (κ3) is 3.82. The molecule has 1 heterocycles. The summed E-state index contributed by atoms with van der Waals surface area (Å²) in [5.74, 6) is 5.65. The summed E-state index contributed by atoms with van der Waals surface area (Å²) in [6.45, 7) is 0.959. The largest absolute Gasteiger partial charge is 0.368 e. The van der Waals surface area contributed by atoms with Crippen LogP contribution in [0.15, 0.2) is 24.3 Å². The SMILES string of the molecule is NCC#Cc1ccccc1NC(=O)C1CCCCO1. The first-order chi connectivity index (χ1) is 9.31. The van der Waals surface area contributed by atoms with Crippen molar-refractivity contribution in [3.63, 3.8) is 0 Å². The zero-order valence-electron chi connectivity index (χ0n) is 10.8. The lowest BCUT2D eigenvalue weighted by molar-refractivity contribution is -0.129. The van der Waals surface area contributed by atoms with E-state index in [0.717, 1.165) is 24.8 Å². The summed E-state index contributed by atoms with van der Waals surface area (Å²) in [6.07, 6.45) is 2.50. The molecule has 4 nitrogen and oxygen atoms in total. The maximum atomic E-state index is 12.1. The van der Waals surface area contributed by atoms with Crippen molar-refractivity contribution in [2.45, 2.75) is 25.4 Å². The summed E-state index contributed by atoms with van der Waals surface area (Å²) in [5.41, 5.74) is 6.85. The molecular weight excluding hydrogens is 240 g/mol. The first-order valence-electron chi connectivity index (χ1n) is 6.51. The number of hydrogen-bond donors (Lipinski definition) is 2. The van der Waals surface area contributed by atoms with Gasteiger partial charge in [0.25, 0.3) is 5.91 Å². The van der Waals surface area contributed by atoms with Gasteiger partial charge in [0.2, 0.25) is 0 Å². The van der Waals surface area contributed by atoms with Crippen LogP contribution in [-0.4, -0.2) is 25.2 Å². The Morgan fingerprint density at radius 3 is 3.00 bits per heavy atom. The fourth-order valence-electron chi connectivity index (χ4n) is 2.01. The van der Waals surface area contributed by atoms with Crippen LogP contribution in [0.3, 0.4) is 0 Å². The molecule has 19 heavy (non-hydrogen) atoms. The van der Waals surface area contributed by atoms with E-state index in [1.165, 1.54) is 0 Å². The number of nitrogens with two attached hydrogens (primary N) is 1. The van der Waals surface area contributed by atoms with Crippen LogP contribution in [0.25, 0.3) is 0 Å². The molecule has 0 spiro atoms. The van der Waals surface area contributed by atoms with E-state index in [0.29, 0.717) is 18.8 Å². The smallest absolute Gasteiger partial charge is 0.253 e. The Hall–Kier alpha value is -1.83. The van der Waals surface area contributed by atoms with Crippen LogP contribution in [0, 0.1) is 11.8 Å². The van der Waals surface area contributed by atoms with Crippen LogP contribution in [0.5, 0.6) is 0 Å². The highest BCUT2D eigenvalue weighted by Crippen LogP contribution is 2.17. The molecule has 1 aromatic carbocycles. The van der Waals surface area contributed by atoms with E-state index in [1.807, 2.05) is 24.3 Å². The van der Waals surface area contributed by atoms with E-state index in [4.69, 9.17) is 10.5 Å². The maximum absolute atomic E-state index is 12.1. The molecule has 0 aromatic heterocycles. The highest BCUT2D eigenvalue weighted by Gasteiger charge is 2.22. The molecule has 100 valence electrons. The topological polar surface area (TPSA) is 64.3 Å². The zero-order valence-corrected chi connectivity index (χ0v) is 10.8. The third-order valence-corrected chi connectivity index (χ3v) is 2.98. The van der Waals surface area contributed by atoms with Crippen LogP contribution in [0.1, 0.15) is 24.8 Å². The fraction of sp³-hybridized carbons (Fsp3) is 0.400. The summed E-state index contributed by atoms with van der Waals surface area (Å²) in [6, 6.07) is 7.44. The van der Waals surface area contributed by atoms with E-state index in [-0.39, 0.29) is 12.0 Å². The molecule has 1 aliphatic heterocycles. The molecule has 2 rings (SSSR count). The number of rotatable bonds is 2. The van der Waals surface area contributed by atoms with Crippen LogP contribution in [0.4, 0.5) is 5.69 Å². The van der Waals surface area contributed by atoms with Gasteiger partial charge in [-0.15, -0.1) is 0 Å². The lowest BCUT2D eigenvalue weighted by Crippen LogP contribution is -2.33. The van der Waals surface area contributed by atoms with Gasteiger partial charge in [0.1, 0.15) is 6.10 Å². The second-order valence-electron chi connectivity index (χ2n) is 4.40. The zero-order chi connectivity index (χ0) is 13.5. The number of para-hydroxylation sites is 1. The van der Waals surface area contributed by atoms with Gasteiger partial charge >= 0.3 is 0 Å². The first kappa shape index (κ1) is 13.6. The van der Waals surface area contributed by atoms with E-state index >= 15 is 0 Å². The van der Waals surface area contributed by atoms with Gasteiger partial charge in [-0.05, 0) is 31.4 Å². The van der Waals surface area contributed by atoms with Gasteiger partial charge in [-0.25, -0.2) is 0 Å². The van der Waals surface area contributed by atoms with E-state index in [2.05, 4.69) is 17.2 Å². The summed E-state index contributed by atoms with van der Waals surface area (Å²) < 4.78 is 5.46. The molecule has 1 amide bonds. The molecule has 1 aromatic rings. The number of hydrogen-bond acceptors (Lipinski definition) is 3. The van der Waals surface area contributed by atoms with Crippen LogP contribution in [-0.2, 0) is 9.53 Å². The molecule has 1 saturated heterocycles. The van der Waals surface area contributed by atoms with Crippen LogP contribution < -0.4 is 11.1 Å². The van der Waals surface area contributed by atoms with Gasteiger partial charge in [0.15, 0.2) is 0 Å². The average Bonchev–Trinajstić information content (AvgIpc) is 2.47.